The molecule has 0 spiro atoms. The van der Waals surface area contributed by atoms with Crippen LogP contribution in [0.4, 0.5) is 0 Å². The molecule has 0 fully saturated rings. The van der Waals surface area contributed by atoms with E-state index in [9.17, 15) is 0 Å². The minimum atomic E-state index is 0.959. The molecule has 0 aliphatic heterocycles. The van der Waals surface area contributed by atoms with Crippen LogP contribution in [-0.4, -0.2) is 23.1 Å². The smallest absolute Gasteiger partial charge is 0.0998 e. The average molecular weight is 275 g/mol. The SMILES string of the molecule is CCCCCNCCc1nc(-c2ccccn2)cs1. The molecule has 2 heterocycles. The van der Waals surface area contributed by atoms with Crippen LogP contribution in [0, 0.1) is 0 Å². The second-order valence-electron chi connectivity index (χ2n) is 4.55. The molecule has 0 amide bonds. The summed E-state index contributed by atoms with van der Waals surface area (Å²) in [5, 5.41) is 6.74. The van der Waals surface area contributed by atoms with Crippen LogP contribution in [0.1, 0.15) is 31.2 Å². The fourth-order valence-corrected chi connectivity index (χ4v) is 2.67. The van der Waals surface area contributed by atoms with Gasteiger partial charge in [0, 0.05) is 24.5 Å². The molecule has 0 saturated carbocycles. The van der Waals surface area contributed by atoms with Crippen molar-refractivity contribution in [3.63, 3.8) is 0 Å². The number of nitrogens with zero attached hydrogens (tertiary/aromatic N) is 2. The van der Waals surface area contributed by atoms with Crippen molar-refractivity contribution in [2.45, 2.75) is 32.6 Å². The lowest BCUT2D eigenvalue weighted by Crippen LogP contribution is -2.18. The fourth-order valence-electron chi connectivity index (χ4n) is 1.88. The average Bonchev–Trinajstić information content (AvgIpc) is 2.92. The van der Waals surface area contributed by atoms with Crippen LogP contribution >= 0.6 is 11.3 Å². The number of hydrogen-bond acceptors (Lipinski definition) is 4. The Labute approximate surface area is 119 Å². The summed E-state index contributed by atoms with van der Waals surface area (Å²) in [4.78, 5) is 8.95. The summed E-state index contributed by atoms with van der Waals surface area (Å²) in [5.74, 6) is 0. The van der Waals surface area contributed by atoms with Crippen molar-refractivity contribution in [1.29, 1.82) is 0 Å². The van der Waals surface area contributed by atoms with E-state index in [-0.39, 0.29) is 0 Å². The van der Waals surface area contributed by atoms with Gasteiger partial charge in [-0.1, -0.05) is 25.8 Å². The van der Waals surface area contributed by atoms with Gasteiger partial charge in [-0.25, -0.2) is 4.98 Å². The maximum atomic E-state index is 4.63. The molecule has 0 aromatic carbocycles. The van der Waals surface area contributed by atoms with E-state index in [4.69, 9.17) is 0 Å². The van der Waals surface area contributed by atoms with Crippen LogP contribution in [0.3, 0.4) is 0 Å². The zero-order valence-electron chi connectivity index (χ0n) is 11.4. The zero-order chi connectivity index (χ0) is 13.3. The Balaban J connectivity index is 1.75. The topological polar surface area (TPSA) is 37.8 Å². The predicted octanol–water partition coefficient (Wildman–Crippen LogP) is 3.53. The molecule has 102 valence electrons. The van der Waals surface area contributed by atoms with Gasteiger partial charge >= 0.3 is 0 Å². The fraction of sp³-hybridized carbons (Fsp3) is 0.467. The molecule has 0 unspecified atom stereocenters. The molecular weight excluding hydrogens is 254 g/mol. The van der Waals surface area contributed by atoms with E-state index >= 15 is 0 Å². The molecule has 0 radical (unpaired) electrons. The lowest BCUT2D eigenvalue weighted by Gasteiger charge is -2.01. The van der Waals surface area contributed by atoms with Crippen molar-refractivity contribution in [3.05, 3.63) is 34.8 Å². The molecule has 3 nitrogen and oxygen atoms in total. The summed E-state index contributed by atoms with van der Waals surface area (Å²) >= 11 is 1.72. The number of rotatable bonds is 8. The van der Waals surface area contributed by atoms with Gasteiger partial charge in [0.05, 0.1) is 16.4 Å². The molecule has 2 aromatic heterocycles. The molecule has 0 bridgehead atoms. The van der Waals surface area contributed by atoms with Gasteiger partial charge in [0.25, 0.3) is 0 Å². The molecule has 0 aliphatic rings. The van der Waals surface area contributed by atoms with Crippen LogP contribution in [-0.2, 0) is 6.42 Å². The van der Waals surface area contributed by atoms with E-state index in [2.05, 4.69) is 27.6 Å². The number of nitrogens with one attached hydrogen (secondary N) is 1. The van der Waals surface area contributed by atoms with Crippen LogP contribution in [0.25, 0.3) is 11.4 Å². The van der Waals surface area contributed by atoms with Gasteiger partial charge in [0.1, 0.15) is 0 Å². The van der Waals surface area contributed by atoms with E-state index in [1.54, 1.807) is 11.3 Å². The van der Waals surface area contributed by atoms with Crippen LogP contribution in [0.15, 0.2) is 29.8 Å². The Morgan fingerprint density at radius 1 is 1.16 bits per heavy atom. The van der Waals surface area contributed by atoms with Gasteiger partial charge in [-0.2, -0.15) is 0 Å². The molecule has 4 heteroatoms. The number of hydrogen-bond donors (Lipinski definition) is 1. The number of pyridine rings is 1. The van der Waals surface area contributed by atoms with Gasteiger partial charge in [-0.05, 0) is 25.1 Å². The van der Waals surface area contributed by atoms with Crippen molar-refractivity contribution in [1.82, 2.24) is 15.3 Å². The zero-order valence-corrected chi connectivity index (χ0v) is 12.2. The Kier molecular flexibility index (Phi) is 5.98. The van der Waals surface area contributed by atoms with Crippen molar-refractivity contribution in [2.75, 3.05) is 13.1 Å². The highest BCUT2D eigenvalue weighted by Crippen LogP contribution is 2.19. The molecule has 2 aromatic rings. The number of unbranched alkanes of at least 4 members (excludes halogenated alkanes) is 2. The van der Waals surface area contributed by atoms with Crippen molar-refractivity contribution < 1.29 is 0 Å². The Hall–Kier alpha value is -1.26. The van der Waals surface area contributed by atoms with E-state index in [1.165, 1.54) is 24.3 Å². The Bertz CT molecular complexity index is 467. The molecule has 0 aliphatic carbocycles. The molecule has 0 atom stereocenters. The standard InChI is InChI=1S/C15H21N3S/c1-2-3-5-9-16-11-8-15-18-14(12-19-15)13-7-4-6-10-17-13/h4,6-7,10,12,16H,2-3,5,8-9,11H2,1H3. The summed E-state index contributed by atoms with van der Waals surface area (Å²) in [7, 11) is 0. The third-order valence-electron chi connectivity index (χ3n) is 2.95. The Morgan fingerprint density at radius 2 is 2.11 bits per heavy atom. The van der Waals surface area contributed by atoms with Crippen molar-refractivity contribution in [3.8, 4) is 11.4 Å². The van der Waals surface area contributed by atoms with E-state index in [0.717, 1.165) is 30.9 Å². The van der Waals surface area contributed by atoms with E-state index < -0.39 is 0 Å². The second-order valence-corrected chi connectivity index (χ2v) is 5.49. The van der Waals surface area contributed by atoms with Crippen LogP contribution in [0.2, 0.25) is 0 Å². The highest BCUT2D eigenvalue weighted by atomic mass is 32.1. The van der Waals surface area contributed by atoms with Crippen LogP contribution in [0.5, 0.6) is 0 Å². The third-order valence-corrected chi connectivity index (χ3v) is 3.86. The largest absolute Gasteiger partial charge is 0.316 e. The lowest BCUT2D eigenvalue weighted by atomic mass is 10.2. The van der Waals surface area contributed by atoms with Gasteiger partial charge in [0.15, 0.2) is 0 Å². The summed E-state index contributed by atoms with van der Waals surface area (Å²) < 4.78 is 0. The van der Waals surface area contributed by atoms with Crippen molar-refractivity contribution >= 4 is 11.3 Å². The summed E-state index contributed by atoms with van der Waals surface area (Å²) in [5.41, 5.74) is 1.95. The number of thiazole rings is 1. The van der Waals surface area contributed by atoms with Crippen LogP contribution < -0.4 is 5.32 Å². The second kappa shape index (κ2) is 8.02. The Morgan fingerprint density at radius 3 is 2.89 bits per heavy atom. The molecule has 2 rings (SSSR count). The minimum absolute atomic E-state index is 0.959. The first-order valence-corrected chi connectivity index (χ1v) is 7.84. The summed E-state index contributed by atoms with van der Waals surface area (Å²) in [6, 6.07) is 5.93. The molecule has 0 saturated heterocycles. The molecule has 1 N–H and O–H groups in total. The van der Waals surface area contributed by atoms with Gasteiger partial charge in [-0.3, -0.25) is 4.98 Å². The highest BCUT2D eigenvalue weighted by Gasteiger charge is 2.04. The first-order chi connectivity index (χ1) is 9.40. The van der Waals surface area contributed by atoms with Gasteiger partial charge < -0.3 is 5.32 Å². The van der Waals surface area contributed by atoms with Gasteiger partial charge in [0.2, 0.25) is 0 Å². The molecule has 19 heavy (non-hydrogen) atoms. The third kappa shape index (κ3) is 4.73. The highest BCUT2D eigenvalue weighted by molar-refractivity contribution is 7.09. The summed E-state index contributed by atoms with van der Waals surface area (Å²) in [6.45, 7) is 4.36. The monoisotopic (exact) mass is 275 g/mol. The predicted molar refractivity (Wildman–Crippen MR) is 81.4 cm³/mol. The first kappa shape index (κ1) is 14.2. The molecular formula is C15H21N3S. The quantitative estimate of drug-likeness (QED) is 0.749. The van der Waals surface area contributed by atoms with E-state index in [0.29, 0.717) is 0 Å². The lowest BCUT2D eigenvalue weighted by molar-refractivity contribution is 0.616. The normalized spacial score (nSPS) is 10.8. The summed E-state index contributed by atoms with van der Waals surface area (Å²) in [6.07, 6.45) is 6.68. The minimum Gasteiger partial charge on any atom is -0.316 e. The van der Waals surface area contributed by atoms with Gasteiger partial charge in [-0.15, -0.1) is 11.3 Å². The van der Waals surface area contributed by atoms with E-state index in [1.807, 2.05) is 24.4 Å². The maximum Gasteiger partial charge on any atom is 0.0998 e. The maximum absolute atomic E-state index is 4.63. The van der Waals surface area contributed by atoms with Crippen molar-refractivity contribution in [2.24, 2.45) is 0 Å². The first-order valence-electron chi connectivity index (χ1n) is 6.96. The number of aromatic nitrogens is 2.